The van der Waals surface area contributed by atoms with E-state index in [2.05, 4.69) is 0 Å². The maximum absolute atomic E-state index is 6.54. The molecule has 5 atom stereocenters. The van der Waals surface area contributed by atoms with Gasteiger partial charge in [0.1, 0.15) is 18.3 Å². The van der Waals surface area contributed by atoms with Gasteiger partial charge in [-0.2, -0.15) is 0 Å². The second-order valence-corrected chi connectivity index (χ2v) is 8.38. The summed E-state index contributed by atoms with van der Waals surface area (Å²) < 4.78 is 30.5. The van der Waals surface area contributed by atoms with Gasteiger partial charge in [-0.05, 0) is 16.7 Å². The quantitative estimate of drug-likeness (QED) is 0.462. The van der Waals surface area contributed by atoms with Crippen molar-refractivity contribution in [3.05, 3.63) is 108 Å². The maximum atomic E-state index is 6.54. The van der Waals surface area contributed by atoms with E-state index in [0.29, 0.717) is 26.4 Å². The van der Waals surface area contributed by atoms with E-state index in [1.54, 1.807) is 7.11 Å². The summed E-state index contributed by atoms with van der Waals surface area (Å²) in [5, 5.41) is 0. The van der Waals surface area contributed by atoms with Gasteiger partial charge in [0.25, 0.3) is 0 Å². The fraction of sp³-hybridized carbons (Fsp3) is 0.357. The first-order valence-electron chi connectivity index (χ1n) is 11.6. The lowest BCUT2D eigenvalue weighted by molar-refractivity contribution is -0.280. The van der Waals surface area contributed by atoms with Gasteiger partial charge < -0.3 is 29.4 Å². The summed E-state index contributed by atoms with van der Waals surface area (Å²) in [5.41, 5.74) is 9.77. The van der Waals surface area contributed by atoms with E-state index >= 15 is 0 Å². The van der Waals surface area contributed by atoms with Gasteiger partial charge in [0, 0.05) is 7.11 Å². The van der Waals surface area contributed by atoms with Crippen molar-refractivity contribution in [1.29, 1.82) is 0 Å². The summed E-state index contributed by atoms with van der Waals surface area (Å²) in [6, 6.07) is 29.6. The fourth-order valence-corrected chi connectivity index (χ4v) is 4.08. The largest absolute Gasteiger partial charge is 0.374 e. The summed E-state index contributed by atoms with van der Waals surface area (Å²) in [6.45, 7) is 1.63. The molecule has 6 nitrogen and oxygen atoms in total. The Kier molecular flexibility index (Phi) is 9.21. The van der Waals surface area contributed by atoms with E-state index in [9.17, 15) is 0 Å². The molecule has 34 heavy (non-hydrogen) atoms. The van der Waals surface area contributed by atoms with Crippen LogP contribution < -0.4 is 5.73 Å². The Morgan fingerprint density at radius 2 is 1.15 bits per heavy atom. The van der Waals surface area contributed by atoms with Gasteiger partial charge in [0.15, 0.2) is 6.29 Å². The SMILES string of the molecule is CO[C@H]1O[C@H](COCc2ccccc2)[C@@H](OCc2ccccc2)[C@H](OCc2ccccc2)[C@H]1N. The molecule has 0 bridgehead atoms. The van der Waals surface area contributed by atoms with Gasteiger partial charge in [-0.1, -0.05) is 91.0 Å². The zero-order chi connectivity index (χ0) is 23.6. The lowest BCUT2D eigenvalue weighted by Gasteiger charge is -2.44. The van der Waals surface area contributed by atoms with Crippen molar-refractivity contribution in [1.82, 2.24) is 0 Å². The van der Waals surface area contributed by atoms with Crippen LogP contribution in [-0.4, -0.2) is 44.4 Å². The Hall–Kier alpha value is -2.58. The van der Waals surface area contributed by atoms with Crippen molar-refractivity contribution < 1.29 is 23.7 Å². The van der Waals surface area contributed by atoms with E-state index in [4.69, 9.17) is 29.4 Å². The normalized spacial score (nSPS) is 24.7. The number of hydrogen-bond donors (Lipinski definition) is 1. The van der Waals surface area contributed by atoms with Crippen LogP contribution in [0.1, 0.15) is 16.7 Å². The van der Waals surface area contributed by atoms with Gasteiger partial charge in [0.05, 0.1) is 32.5 Å². The minimum Gasteiger partial charge on any atom is -0.374 e. The molecule has 3 aromatic rings. The molecule has 0 aliphatic carbocycles. The number of benzene rings is 3. The molecule has 0 spiro atoms. The molecule has 1 heterocycles. The van der Waals surface area contributed by atoms with Crippen LogP contribution in [0.4, 0.5) is 0 Å². The van der Waals surface area contributed by atoms with Crippen molar-refractivity contribution in [3.8, 4) is 0 Å². The average Bonchev–Trinajstić information content (AvgIpc) is 2.89. The van der Waals surface area contributed by atoms with Crippen LogP contribution in [0.25, 0.3) is 0 Å². The number of nitrogens with two attached hydrogens (primary N) is 1. The number of hydrogen-bond acceptors (Lipinski definition) is 6. The van der Waals surface area contributed by atoms with E-state index in [1.165, 1.54) is 0 Å². The monoisotopic (exact) mass is 463 g/mol. The van der Waals surface area contributed by atoms with Crippen molar-refractivity contribution in [2.75, 3.05) is 13.7 Å². The highest BCUT2D eigenvalue weighted by molar-refractivity contribution is 5.15. The molecule has 0 unspecified atom stereocenters. The summed E-state index contributed by atoms with van der Waals surface area (Å²) >= 11 is 0. The third kappa shape index (κ3) is 6.73. The first-order chi connectivity index (χ1) is 16.7. The maximum Gasteiger partial charge on any atom is 0.175 e. The molecule has 180 valence electrons. The molecule has 0 aromatic heterocycles. The second-order valence-electron chi connectivity index (χ2n) is 8.38. The predicted octanol–water partition coefficient (Wildman–Crippen LogP) is 4.07. The Labute approximate surface area is 201 Å². The standard InChI is InChI=1S/C28H33NO5/c1-30-28-25(29)27(33-19-23-15-9-4-10-16-23)26(32-18-22-13-7-3-8-14-22)24(34-28)20-31-17-21-11-5-2-6-12-21/h2-16,24-28H,17-20,29H2,1H3/t24-,25-,26-,27-,28+/m1/s1. The molecule has 1 saturated heterocycles. The highest BCUT2D eigenvalue weighted by Gasteiger charge is 2.46. The first-order valence-corrected chi connectivity index (χ1v) is 11.6. The van der Waals surface area contributed by atoms with Gasteiger partial charge in [-0.3, -0.25) is 0 Å². The second kappa shape index (κ2) is 12.8. The van der Waals surface area contributed by atoms with Gasteiger partial charge >= 0.3 is 0 Å². The Morgan fingerprint density at radius 1 is 0.676 bits per heavy atom. The van der Waals surface area contributed by atoms with Crippen LogP contribution in [0.2, 0.25) is 0 Å². The number of methoxy groups -OCH3 is 1. The minimum absolute atomic E-state index is 0.326. The highest BCUT2D eigenvalue weighted by Crippen LogP contribution is 2.27. The van der Waals surface area contributed by atoms with Crippen LogP contribution >= 0.6 is 0 Å². The lowest BCUT2D eigenvalue weighted by atomic mass is 9.96. The third-order valence-corrected chi connectivity index (χ3v) is 5.89. The minimum atomic E-state index is -0.623. The molecule has 4 rings (SSSR count). The molecular formula is C28H33NO5. The topological polar surface area (TPSA) is 72.2 Å². The molecule has 0 amide bonds. The Morgan fingerprint density at radius 3 is 1.65 bits per heavy atom. The molecular weight excluding hydrogens is 430 g/mol. The van der Waals surface area contributed by atoms with Crippen molar-refractivity contribution in [2.24, 2.45) is 5.73 Å². The molecule has 6 heteroatoms. The molecule has 2 N–H and O–H groups in total. The zero-order valence-corrected chi connectivity index (χ0v) is 19.5. The third-order valence-electron chi connectivity index (χ3n) is 5.89. The van der Waals surface area contributed by atoms with Crippen molar-refractivity contribution in [3.63, 3.8) is 0 Å². The van der Waals surface area contributed by atoms with Crippen molar-refractivity contribution in [2.45, 2.75) is 50.5 Å². The van der Waals surface area contributed by atoms with Crippen LogP contribution in [0.15, 0.2) is 91.0 Å². The zero-order valence-electron chi connectivity index (χ0n) is 19.5. The molecule has 1 aliphatic rings. The summed E-state index contributed by atoms with van der Waals surface area (Å²) in [6.07, 6.45) is -1.89. The number of rotatable bonds is 11. The van der Waals surface area contributed by atoms with Crippen LogP contribution in [0, 0.1) is 0 Å². The molecule has 0 radical (unpaired) electrons. The Balaban J connectivity index is 1.48. The highest BCUT2D eigenvalue weighted by atomic mass is 16.7. The predicted molar refractivity (Wildman–Crippen MR) is 130 cm³/mol. The van der Waals surface area contributed by atoms with E-state index in [-0.39, 0.29) is 0 Å². The summed E-state index contributed by atoms with van der Waals surface area (Å²) in [5.74, 6) is 0. The summed E-state index contributed by atoms with van der Waals surface area (Å²) in [4.78, 5) is 0. The van der Waals surface area contributed by atoms with Gasteiger partial charge in [-0.15, -0.1) is 0 Å². The lowest BCUT2D eigenvalue weighted by Crippen LogP contribution is -2.63. The fourth-order valence-electron chi connectivity index (χ4n) is 4.08. The van der Waals surface area contributed by atoms with Gasteiger partial charge in [0.2, 0.25) is 0 Å². The molecule has 1 fully saturated rings. The van der Waals surface area contributed by atoms with Crippen LogP contribution in [0.5, 0.6) is 0 Å². The molecule has 1 aliphatic heterocycles. The molecule has 0 saturated carbocycles. The van der Waals surface area contributed by atoms with E-state index in [1.807, 2.05) is 91.0 Å². The van der Waals surface area contributed by atoms with Crippen LogP contribution in [0.3, 0.4) is 0 Å². The smallest absolute Gasteiger partial charge is 0.175 e. The van der Waals surface area contributed by atoms with Gasteiger partial charge in [-0.25, -0.2) is 0 Å². The summed E-state index contributed by atoms with van der Waals surface area (Å²) in [7, 11) is 1.59. The first kappa shape index (κ1) is 24.5. The number of ether oxygens (including phenoxy) is 5. The Bertz CT molecular complexity index is 956. The van der Waals surface area contributed by atoms with Crippen molar-refractivity contribution >= 4 is 0 Å². The van der Waals surface area contributed by atoms with E-state index < -0.39 is 30.6 Å². The van der Waals surface area contributed by atoms with E-state index in [0.717, 1.165) is 16.7 Å². The molecule has 3 aromatic carbocycles. The van der Waals surface area contributed by atoms with Crippen LogP contribution in [-0.2, 0) is 43.5 Å². The average molecular weight is 464 g/mol.